The molecule has 1 aromatic rings. The van der Waals surface area contributed by atoms with Gasteiger partial charge in [-0.15, -0.1) is 0 Å². The van der Waals surface area contributed by atoms with E-state index in [1.807, 2.05) is 19.9 Å². The molecule has 0 N–H and O–H groups in total. The zero-order valence-electron chi connectivity index (χ0n) is 10.7. The van der Waals surface area contributed by atoms with Crippen LogP contribution in [0.5, 0.6) is 0 Å². The molecule has 0 saturated carbocycles. The molecule has 2 nitrogen and oxygen atoms in total. The standard InChI is InChI=1S/C14H18Cl2O2/c1-3-5-14(18-4-2)13(17)9-10-6-7-11(15)12(16)8-10/h6-8,14H,3-5,9H2,1-2H3. The number of carbonyl (C=O) groups is 1. The minimum atomic E-state index is -0.311. The predicted molar refractivity (Wildman–Crippen MR) is 75.5 cm³/mol. The Morgan fingerprint density at radius 2 is 2.00 bits per heavy atom. The Labute approximate surface area is 118 Å². The Morgan fingerprint density at radius 1 is 1.28 bits per heavy atom. The van der Waals surface area contributed by atoms with Crippen LogP contribution in [0.25, 0.3) is 0 Å². The Balaban J connectivity index is 2.69. The fraction of sp³-hybridized carbons (Fsp3) is 0.500. The molecule has 0 fully saturated rings. The van der Waals surface area contributed by atoms with Crippen molar-refractivity contribution in [3.8, 4) is 0 Å². The third-order valence-electron chi connectivity index (χ3n) is 2.64. The van der Waals surface area contributed by atoms with Gasteiger partial charge in [0.25, 0.3) is 0 Å². The van der Waals surface area contributed by atoms with E-state index in [0.717, 1.165) is 18.4 Å². The van der Waals surface area contributed by atoms with Crippen LogP contribution in [0, 0.1) is 0 Å². The van der Waals surface area contributed by atoms with Gasteiger partial charge in [0.1, 0.15) is 6.10 Å². The van der Waals surface area contributed by atoms with E-state index in [9.17, 15) is 4.79 Å². The molecule has 0 radical (unpaired) electrons. The topological polar surface area (TPSA) is 26.3 Å². The first-order valence-electron chi connectivity index (χ1n) is 6.16. The largest absolute Gasteiger partial charge is 0.371 e. The van der Waals surface area contributed by atoms with Crippen LogP contribution in [0.2, 0.25) is 10.0 Å². The van der Waals surface area contributed by atoms with Crippen LogP contribution < -0.4 is 0 Å². The Hall–Kier alpha value is -0.570. The maximum Gasteiger partial charge on any atom is 0.165 e. The van der Waals surface area contributed by atoms with Gasteiger partial charge in [-0.25, -0.2) is 0 Å². The zero-order valence-corrected chi connectivity index (χ0v) is 12.2. The quantitative estimate of drug-likeness (QED) is 0.747. The number of hydrogen-bond acceptors (Lipinski definition) is 2. The molecule has 0 aliphatic rings. The van der Waals surface area contributed by atoms with Crippen LogP contribution in [-0.2, 0) is 16.0 Å². The van der Waals surface area contributed by atoms with Gasteiger partial charge in [-0.2, -0.15) is 0 Å². The average Bonchev–Trinajstić information content (AvgIpc) is 2.33. The van der Waals surface area contributed by atoms with Gasteiger partial charge < -0.3 is 4.74 Å². The fourth-order valence-corrected chi connectivity index (χ4v) is 2.09. The second-order valence-electron chi connectivity index (χ2n) is 4.12. The van der Waals surface area contributed by atoms with Crippen LogP contribution >= 0.6 is 23.2 Å². The molecule has 0 heterocycles. The van der Waals surface area contributed by atoms with Gasteiger partial charge in [0.2, 0.25) is 0 Å². The predicted octanol–water partition coefficient (Wildman–Crippen LogP) is 4.31. The number of Topliss-reactive ketones (excluding diaryl/α,β-unsaturated/α-hetero) is 1. The summed E-state index contributed by atoms with van der Waals surface area (Å²) in [5.41, 5.74) is 0.871. The van der Waals surface area contributed by atoms with E-state index in [2.05, 4.69) is 0 Å². The minimum Gasteiger partial charge on any atom is -0.371 e. The molecule has 1 atom stereocenters. The summed E-state index contributed by atoms with van der Waals surface area (Å²) in [6.45, 7) is 4.49. The minimum absolute atomic E-state index is 0.0945. The zero-order chi connectivity index (χ0) is 13.5. The van der Waals surface area contributed by atoms with Crippen LogP contribution in [-0.4, -0.2) is 18.5 Å². The van der Waals surface area contributed by atoms with E-state index in [-0.39, 0.29) is 11.9 Å². The molecule has 0 aliphatic heterocycles. The highest BCUT2D eigenvalue weighted by atomic mass is 35.5. The lowest BCUT2D eigenvalue weighted by Gasteiger charge is -2.15. The van der Waals surface area contributed by atoms with Crippen LogP contribution in [0.15, 0.2) is 18.2 Å². The van der Waals surface area contributed by atoms with E-state index in [0.29, 0.717) is 23.1 Å². The third-order valence-corrected chi connectivity index (χ3v) is 3.38. The molecule has 0 amide bonds. The van der Waals surface area contributed by atoms with Crippen LogP contribution in [0.4, 0.5) is 0 Å². The first-order valence-corrected chi connectivity index (χ1v) is 6.92. The Bertz CT molecular complexity index is 399. The van der Waals surface area contributed by atoms with Crippen LogP contribution in [0.3, 0.4) is 0 Å². The van der Waals surface area contributed by atoms with E-state index in [4.69, 9.17) is 27.9 Å². The molecule has 0 aromatic heterocycles. The highest BCUT2D eigenvalue weighted by Crippen LogP contribution is 2.23. The number of carbonyl (C=O) groups excluding carboxylic acids is 1. The average molecular weight is 289 g/mol. The first-order chi connectivity index (χ1) is 8.58. The summed E-state index contributed by atoms with van der Waals surface area (Å²) in [6, 6.07) is 5.26. The highest BCUT2D eigenvalue weighted by Gasteiger charge is 2.18. The van der Waals surface area contributed by atoms with Gasteiger partial charge in [0, 0.05) is 13.0 Å². The number of ether oxygens (including phenoxy) is 1. The second kappa shape index (κ2) is 7.78. The Morgan fingerprint density at radius 3 is 2.56 bits per heavy atom. The number of hydrogen-bond donors (Lipinski definition) is 0. The van der Waals surface area contributed by atoms with Crippen molar-refractivity contribution in [2.45, 2.75) is 39.2 Å². The summed E-state index contributed by atoms with van der Waals surface area (Å²) >= 11 is 11.8. The molecule has 0 aliphatic carbocycles. The number of ketones is 1. The van der Waals surface area contributed by atoms with Gasteiger partial charge in [0.15, 0.2) is 5.78 Å². The van der Waals surface area contributed by atoms with Crippen molar-refractivity contribution in [3.63, 3.8) is 0 Å². The van der Waals surface area contributed by atoms with Gasteiger partial charge in [-0.1, -0.05) is 42.6 Å². The fourth-order valence-electron chi connectivity index (χ4n) is 1.77. The molecule has 1 aromatic carbocycles. The van der Waals surface area contributed by atoms with Gasteiger partial charge in [-0.3, -0.25) is 4.79 Å². The lowest BCUT2D eigenvalue weighted by Crippen LogP contribution is -2.25. The van der Waals surface area contributed by atoms with E-state index in [1.165, 1.54) is 0 Å². The van der Waals surface area contributed by atoms with Crippen molar-refractivity contribution < 1.29 is 9.53 Å². The molecule has 1 rings (SSSR count). The molecule has 1 unspecified atom stereocenters. The lowest BCUT2D eigenvalue weighted by molar-refractivity contribution is -0.130. The monoisotopic (exact) mass is 288 g/mol. The summed E-state index contributed by atoms with van der Waals surface area (Å²) in [5.74, 6) is 0.0945. The summed E-state index contributed by atoms with van der Waals surface area (Å²) in [6.07, 6.45) is 1.71. The summed E-state index contributed by atoms with van der Waals surface area (Å²) in [4.78, 5) is 12.1. The van der Waals surface area contributed by atoms with Crippen molar-refractivity contribution in [3.05, 3.63) is 33.8 Å². The number of benzene rings is 1. The molecule has 0 bridgehead atoms. The number of rotatable bonds is 7. The Kier molecular flexibility index (Phi) is 6.69. The molecule has 0 spiro atoms. The maximum atomic E-state index is 12.1. The molecule has 0 saturated heterocycles. The van der Waals surface area contributed by atoms with Crippen molar-refractivity contribution in [2.75, 3.05) is 6.61 Å². The van der Waals surface area contributed by atoms with E-state index in [1.54, 1.807) is 12.1 Å². The van der Waals surface area contributed by atoms with E-state index >= 15 is 0 Å². The van der Waals surface area contributed by atoms with Crippen molar-refractivity contribution in [1.82, 2.24) is 0 Å². The normalized spacial score (nSPS) is 12.4. The first kappa shape index (κ1) is 15.5. The van der Waals surface area contributed by atoms with Crippen molar-refractivity contribution in [1.29, 1.82) is 0 Å². The van der Waals surface area contributed by atoms with Gasteiger partial charge in [-0.05, 0) is 31.0 Å². The van der Waals surface area contributed by atoms with Gasteiger partial charge in [0.05, 0.1) is 10.0 Å². The molecule has 18 heavy (non-hydrogen) atoms. The maximum absolute atomic E-state index is 12.1. The molecule has 100 valence electrons. The van der Waals surface area contributed by atoms with Crippen molar-refractivity contribution >= 4 is 29.0 Å². The van der Waals surface area contributed by atoms with E-state index < -0.39 is 0 Å². The summed E-state index contributed by atoms with van der Waals surface area (Å²) in [5, 5.41) is 0.980. The summed E-state index contributed by atoms with van der Waals surface area (Å²) in [7, 11) is 0. The molecule has 4 heteroatoms. The number of halogens is 2. The second-order valence-corrected chi connectivity index (χ2v) is 4.94. The summed E-state index contributed by atoms with van der Waals surface area (Å²) < 4.78 is 5.46. The third kappa shape index (κ3) is 4.60. The molecular formula is C14H18Cl2O2. The molecular weight excluding hydrogens is 271 g/mol. The smallest absolute Gasteiger partial charge is 0.165 e. The SMILES string of the molecule is CCCC(OCC)C(=O)Cc1ccc(Cl)c(Cl)c1. The van der Waals surface area contributed by atoms with Crippen molar-refractivity contribution in [2.24, 2.45) is 0 Å². The lowest BCUT2D eigenvalue weighted by atomic mass is 10.0. The van der Waals surface area contributed by atoms with Gasteiger partial charge >= 0.3 is 0 Å². The van der Waals surface area contributed by atoms with Crippen LogP contribution in [0.1, 0.15) is 32.3 Å². The highest BCUT2D eigenvalue weighted by molar-refractivity contribution is 6.42.